The number of hydrogen-bond acceptors (Lipinski definition) is 4. The first-order chi connectivity index (χ1) is 8.28. The average Bonchev–Trinajstić information content (AvgIpc) is 2.40. The first kappa shape index (κ1) is 13.2. The van der Waals surface area contributed by atoms with Crippen LogP contribution in [0.1, 0.15) is 32.1 Å². The van der Waals surface area contributed by atoms with Crippen molar-refractivity contribution in [1.82, 2.24) is 4.90 Å². The van der Waals surface area contributed by atoms with E-state index in [1.807, 2.05) is 0 Å². The number of hydrogen-bond donors (Lipinski definition) is 1. The van der Waals surface area contributed by atoms with E-state index in [4.69, 9.17) is 10.00 Å². The molecule has 1 aliphatic heterocycles. The van der Waals surface area contributed by atoms with Crippen LogP contribution in [-0.4, -0.2) is 43.0 Å². The number of nitriles is 1. The van der Waals surface area contributed by atoms with Gasteiger partial charge in [-0.1, -0.05) is 19.3 Å². The second-order valence-corrected chi connectivity index (χ2v) is 5.76. The Hall–Kier alpha value is -0.240. The summed E-state index contributed by atoms with van der Waals surface area (Å²) in [5.74, 6) is 0.974. The Morgan fingerprint density at radius 1 is 1.35 bits per heavy atom. The van der Waals surface area contributed by atoms with Gasteiger partial charge in [-0.2, -0.15) is 17.9 Å². The Balaban J connectivity index is 1.91. The van der Waals surface area contributed by atoms with E-state index in [1.54, 1.807) is 0 Å². The van der Waals surface area contributed by atoms with Crippen molar-refractivity contribution in [2.75, 3.05) is 32.0 Å². The number of nitrogens with zero attached hydrogens (tertiary/aromatic N) is 2. The molecule has 1 unspecified atom stereocenters. The Kier molecular flexibility index (Phi) is 4.72. The normalized spacial score (nSPS) is 29.8. The summed E-state index contributed by atoms with van der Waals surface area (Å²) in [6, 6.07) is 2.22. The molecule has 1 saturated heterocycles. The van der Waals surface area contributed by atoms with Crippen LogP contribution in [0.15, 0.2) is 0 Å². The van der Waals surface area contributed by atoms with E-state index in [0.29, 0.717) is 12.0 Å². The van der Waals surface area contributed by atoms with Crippen LogP contribution in [0.3, 0.4) is 0 Å². The van der Waals surface area contributed by atoms with Gasteiger partial charge in [0.1, 0.15) is 0 Å². The van der Waals surface area contributed by atoms with Crippen molar-refractivity contribution >= 4 is 12.6 Å². The molecule has 0 bridgehead atoms. The Bertz CT molecular complexity index is 284. The van der Waals surface area contributed by atoms with Crippen molar-refractivity contribution < 1.29 is 4.74 Å². The van der Waals surface area contributed by atoms with Crippen molar-refractivity contribution in [2.24, 2.45) is 5.41 Å². The summed E-state index contributed by atoms with van der Waals surface area (Å²) in [5.41, 5.74) is 0.388. The molecule has 2 rings (SSSR count). The summed E-state index contributed by atoms with van der Waals surface area (Å²) in [7, 11) is 0. The molecule has 0 aromatic rings. The maximum atomic E-state index is 8.92. The highest BCUT2D eigenvalue weighted by Gasteiger charge is 2.34. The molecule has 2 fully saturated rings. The fourth-order valence-electron chi connectivity index (χ4n) is 3.07. The molecule has 1 saturated carbocycles. The molecule has 0 amide bonds. The third-order valence-corrected chi connectivity index (χ3v) is 4.77. The number of morpholine rings is 1. The van der Waals surface area contributed by atoms with Crippen LogP contribution in [0.25, 0.3) is 0 Å². The van der Waals surface area contributed by atoms with Gasteiger partial charge in [-0.25, -0.2) is 0 Å². The van der Waals surface area contributed by atoms with Gasteiger partial charge in [0.2, 0.25) is 0 Å². The monoisotopic (exact) mass is 254 g/mol. The van der Waals surface area contributed by atoms with Gasteiger partial charge in [0.25, 0.3) is 0 Å². The van der Waals surface area contributed by atoms with E-state index in [-0.39, 0.29) is 6.10 Å². The van der Waals surface area contributed by atoms with Gasteiger partial charge < -0.3 is 4.74 Å². The minimum Gasteiger partial charge on any atom is -0.361 e. The number of rotatable bonds is 3. The zero-order valence-electron chi connectivity index (χ0n) is 10.4. The fraction of sp³-hybridized carbons (Fsp3) is 0.923. The van der Waals surface area contributed by atoms with Crippen LogP contribution in [0.5, 0.6) is 0 Å². The minimum atomic E-state index is -0.232. The number of thiol groups is 1. The van der Waals surface area contributed by atoms with Gasteiger partial charge in [0, 0.05) is 19.6 Å². The van der Waals surface area contributed by atoms with Crippen molar-refractivity contribution in [2.45, 2.75) is 38.2 Å². The molecule has 17 heavy (non-hydrogen) atoms. The molecule has 4 heteroatoms. The third-order valence-electron chi connectivity index (χ3n) is 4.10. The molecule has 0 radical (unpaired) electrons. The van der Waals surface area contributed by atoms with Gasteiger partial charge in [-0.3, -0.25) is 4.90 Å². The number of ether oxygens (including phenoxy) is 1. The largest absolute Gasteiger partial charge is 0.361 e. The second-order valence-electron chi connectivity index (χ2n) is 5.44. The van der Waals surface area contributed by atoms with Crippen molar-refractivity contribution in [1.29, 1.82) is 5.26 Å². The molecular formula is C13H22N2OS. The first-order valence-corrected chi connectivity index (χ1v) is 7.26. The summed E-state index contributed by atoms with van der Waals surface area (Å²) in [6.45, 7) is 3.53. The highest BCUT2D eigenvalue weighted by atomic mass is 32.1. The fourth-order valence-corrected chi connectivity index (χ4v) is 3.48. The molecule has 0 aromatic carbocycles. The maximum Gasteiger partial charge on any atom is 0.156 e. The van der Waals surface area contributed by atoms with Gasteiger partial charge in [0.05, 0.1) is 12.7 Å². The van der Waals surface area contributed by atoms with E-state index in [9.17, 15) is 0 Å². The van der Waals surface area contributed by atoms with Gasteiger partial charge >= 0.3 is 0 Å². The van der Waals surface area contributed by atoms with Crippen molar-refractivity contribution in [3.8, 4) is 6.07 Å². The van der Waals surface area contributed by atoms with Crippen LogP contribution in [0, 0.1) is 16.7 Å². The average molecular weight is 254 g/mol. The van der Waals surface area contributed by atoms with Crippen LogP contribution in [-0.2, 0) is 4.74 Å². The topological polar surface area (TPSA) is 36.3 Å². The Morgan fingerprint density at radius 2 is 2.12 bits per heavy atom. The molecule has 2 aliphatic rings. The van der Waals surface area contributed by atoms with Crippen LogP contribution in [0.4, 0.5) is 0 Å². The molecule has 3 nitrogen and oxygen atoms in total. The predicted molar refractivity (Wildman–Crippen MR) is 71.2 cm³/mol. The van der Waals surface area contributed by atoms with Crippen molar-refractivity contribution in [3.63, 3.8) is 0 Å². The standard InChI is InChI=1S/C13H22N2OS/c14-8-12-9-15(6-7-16-12)10-13(11-17)4-2-1-3-5-13/h12,17H,1-7,9-11H2. The van der Waals surface area contributed by atoms with E-state index in [0.717, 1.165) is 25.4 Å². The van der Waals surface area contributed by atoms with Crippen LogP contribution < -0.4 is 0 Å². The first-order valence-electron chi connectivity index (χ1n) is 6.62. The summed E-state index contributed by atoms with van der Waals surface area (Å²) in [4.78, 5) is 2.40. The lowest BCUT2D eigenvalue weighted by Gasteiger charge is -2.42. The summed E-state index contributed by atoms with van der Waals surface area (Å²) >= 11 is 4.57. The molecule has 1 atom stereocenters. The highest BCUT2D eigenvalue weighted by Crippen LogP contribution is 2.38. The van der Waals surface area contributed by atoms with E-state index >= 15 is 0 Å². The molecule has 0 N–H and O–H groups in total. The zero-order valence-corrected chi connectivity index (χ0v) is 11.3. The molecule has 96 valence electrons. The Labute approximate surface area is 110 Å². The molecule has 1 aliphatic carbocycles. The van der Waals surface area contributed by atoms with Gasteiger partial charge in [-0.15, -0.1) is 0 Å². The quantitative estimate of drug-likeness (QED) is 0.784. The lowest BCUT2D eigenvalue weighted by molar-refractivity contribution is -0.0178. The van der Waals surface area contributed by atoms with E-state index in [2.05, 4.69) is 23.6 Å². The molecule has 0 spiro atoms. The van der Waals surface area contributed by atoms with E-state index in [1.165, 1.54) is 32.1 Å². The smallest absolute Gasteiger partial charge is 0.156 e. The van der Waals surface area contributed by atoms with Gasteiger partial charge in [-0.05, 0) is 24.0 Å². The predicted octanol–water partition coefficient (Wildman–Crippen LogP) is 2.09. The second kappa shape index (κ2) is 6.08. The summed E-state index contributed by atoms with van der Waals surface area (Å²) < 4.78 is 5.39. The third kappa shape index (κ3) is 3.37. The minimum absolute atomic E-state index is 0.232. The van der Waals surface area contributed by atoms with Gasteiger partial charge in [0.15, 0.2) is 6.10 Å². The zero-order chi connectivity index (χ0) is 12.1. The molecule has 1 heterocycles. The summed E-state index contributed by atoms with van der Waals surface area (Å²) in [5, 5.41) is 8.92. The maximum absolute atomic E-state index is 8.92. The summed E-state index contributed by atoms with van der Waals surface area (Å²) in [6.07, 6.45) is 6.42. The molecule has 0 aromatic heterocycles. The van der Waals surface area contributed by atoms with E-state index < -0.39 is 0 Å². The van der Waals surface area contributed by atoms with Crippen LogP contribution >= 0.6 is 12.6 Å². The molecular weight excluding hydrogens is 232 g/mol. The van der Waals surface area contributed by atoms with Crippen LogP contribution in [0.2, 0.25) is 0 Å². The Morgan fingerprint density at radius 3 is 2.76 bits per heavy atom. The lowest BCUT2D eigenvalue weighted by Crippen LogP contribution is -2.48. The lowest BCUT2D eigenvalue weighted by atomic mass is 9.75. The SMILES string of the molecule is N#CC1CN(CC2(CS)CCCCC2)CCO1. The van der Waals surface area contributed by atoms with Crippen molar-refractivity contribution in [3.05, 3.63) is 0 Å². The highest BCUT2D eigenvalue weighted by molar-refractivity contribution is 7.80.